The van der Waals surface area contributed by atoms with Gasteiger partial charge in [-0.25, -0.2) is 0 Å². The van der Waals surface area contributed by atoms with E-state index < -0.39 is 0 Å². The monoisotopic (exact) mass is 765 g/mol. The van der Waals surface area contributed by atoms with Crippen LogP contribution in [0.25, 0.3) is 82.5 Å². The first-order valence-corrected chi connectivity index (χ1v) is 21.3. The van der Waals surface area contributed by atoms with Crippen molar-refractivity contribution in [1.29, 1.82) is 0 Å². The fourth-order valence-corrected chi connectivity index (χ4v) is 10.6. The number of rotatable bonds is 5. The molecule has 0 radical (unpaired) electrons. The van der Waals surface area contributed by atoms with Crippen molar-refractivity contribution >= 4 is 66.2 Å². The van der Waals surface area contributed by atoms with Gasteiger partial charge in [-0.3, -0.25) is 0 Å². The summed E-state index contributed by atoms with van der Waals surface area (Å²) in [6.07, 6.45) is 6.81. The Kier molecular flexibility index (Phi) is 7.78. The van der Waals surface area contributed by atoms with E-state index in [-0.39, 0.29) is 5.41 Å². The molecule has 0 amide bonds. The van der Waals surface area contributed by atoms with Crippen LogP contribution >= 0.6 is 0 Å². The van der Waals surface area contributed by atoms with E-state index in [1.54, 1.807) is 0 Å². The Bertz CT molecular complexity index is 3390. The summed E-state index contributed by atoms with van der Waals surface area (Å²) in [4.78, 5) is 2.46. The lowest BCUT2D eigenvalue weighted by Crippen LogP contribution is -2.15. The Labute approximate surface area is 351 Å². The molecule has 10 aromatic carbocycles. The zero-order valence-electron chi connectivity index (χ0n) is 33.9. The number of nitrogens with zero attached hydrogens (tertiary/aromatic N) is 1. The average molecular weight is 766 g/mol. The lowest BCUT2D eigenvalue weighted by molar-refractivity contribution is 0.660. The summed E-state index contributed by atoms with van der Waals surface area (Å²) in [6, 6.07) is 70.3. The predicted octanol–water partition coefficient (Wildman–Crippen LogP) is 16.4. The zero-order chi connectivity index (χ0) is 40.0. The molecular formula is C59H43N. The summed E-state index contributed by atoms with van der Waals surface area (Å²) >= 11 is 0. The van der Waals surface area contributed by atoms with Gasteiger partial charge < -0.3 is 4.90 Å². The van der Waals surface area contributed by atoms with Crippen LogP contribution in [0.5, 0.6) is 0 Å². The van der Waals surface area contributed by atoms with E-state index in [0.717, 1.165) is 24.2 Å². The molecule has 0 spiro atoms. The maximum Gasteiger partial charge on any atom is 0.0540 e. The van der Waals surface area contributed by atoms with Gasteiger partial charge in [0.1, 0.15) is 0 Å². The minimum Gasteiger partial charge on any atom is -0.310 e. The van der Waals surface area contributed by atoms with Gasteiger partial charge in [0.25, 0.3) is 0 Å². The van der Waals surface area contributed by atoms with Crippen molar-refractivity contribution in [3.05, 3.63) is 216 Å². The molecule has 0 saturated heterocycles. The molecule has 0 N–H and O–H groups in total. The molecule has 0 heterocycles. The minimum atomic E-state index is -0.0491. The van der Waals surface area contributed by atoms with E-state index in [2.05, 4.69) is 219 Å². The lowest BCUT2D eigenvalue weighted by Gasteiger charge is -2.28. The molecule has 2 aliphatic rings. The second-order valence-corrected chi connectivity index (χ2v) is 17.1. The van der Waals surface area contributed by atoms with Crippen LogP contribution in [0, 0.1) is 0 Å². The van der Waals surface area contributed by atoms with E-state index in [1.165, 1.54) is 104 Å². The minimum absolute atomic E-state index is 0.0491. The Morgan fingerprint density at radius 1 is 0.433 bits per heavy atom. The van der Waals surface area contributed by atoms with Crippen LogP contribution in [0.2, 0.25) is 0 Å². The highest BCUT2D eigenvalue weighted by Gasteiger charge is 2.35. The van der Waals surface area contributed by atoms with Crippen LogP contribution in [0.4, 0.5) is 17.1 Å². The van der Waals surface area contributed by atoms with Crippen LogP contribution < -0.4 is 4.90 Å². The van der Waals surface area contributed by atoms with Gasteiger partial charge in [0.2, 0.25) is 0 Å². The molecule has 0 saturated carbocycles. The van der Waals surface area contributed by atoms with Crippen LogP contribution in [0.1, 0.15) is 42.5 Å². The summed E-state index contributed by atoms with van der Waals surface area (Å²) in [5, 5.41) is 10.2. The van der Waals surface area contributed by atoms with Crippen molar-refractivity contribution < 1.29 is 0 Å². The summed E-state index contributed by atoms with van der Waals surface area (Å²) in [7, 11) is 0. The van der Waals surface area contributed by atoms with Crippen molar-refractivity contribution in [3.8, 4) is 33.4 Å². The van der Waals surface area contributed by atoms with Crippen LogP contribution in [-0.2, 0) is 11.8 Å². The van der Waals surface area contributed by atoms with Crippen LogP contribution in [-0.4, -0.2) is 0 Å². The number of anilines is 3. The smallest absolute Gasteiger partial charge is 0.0540 e. The first kappa shape index (κ1) is 34.8. The SMILES string of the molecule is CC1(C)c2ccccc2-c2cc(N(c3ccc(-c4cc5cc(-c6cccc7ccccc67)c6ccccc6c5c5c4CCC=C5)cc3)c3cccc4ccccc34)ccc21. The van der Waals surface area contributed by atoms with E-state index in [0.29, 0.717) is 0 Å². The highest BCUT2D eigenvalue weighted by atomic mass is 15.1. The first-order valence-electron chi connectivity index (χ1n) is 21.3. The number of hydrogen-bond donors (Lipinski definition) is 0. The Balaban J connectivity index is 1.04. The lowest BCUT2D eigenvalue weighted by atomic mass is 9.82. The highest BCUT2D eigenvalue weighted by molar-refractivity contribution is 6.19. The van der Waals surface area contributed by atoms with Crippen molar-refractivity contribution in [3.63, 3.8) is 0 Å². The first-order chi connectivity index (χ1) is 29.5. The second-order valence-electron chi connectivity index (χ2n) is 17.1. The molecule has 0 fully saturated rings. The molecule has 0 atom stereocenters. The summed E-state index contributed by atoms with van der Waals surface area (Å²) in [6.45, 7) is 4.71. The average Bonchev–Trinajstić information content (AvgIpc) is 3.53. The predicted molar refractivity (Wildman–Crippen MR) is 257 cm³/mol. The molecule has 0 aromatic heterocycles. The Morgan fingerprint density at radius 2 is 1.05 bits per heavy atom. The second kappa shape index (κ2) is 13.4. The largest absolute Gasteiger partial charge is 0.310 e. The molecule has 2 aliphatic carbocycles. The van der Waals surface area contributed by atoms with E-state index >= 15 is 0 Å². The van der Waals surface area contributed by atoms with Gasteiger partial charge in [0.15, 0.2) is 0 Å². The maximum atomic E-state index is 2.48. The van der Waals surface area contributed by atoms with E-state index in [4.69, 9.17) is 0 Å². The molecule has 12 rings (SSSR count). The molecule has 10 aromatic rings. The third-order valence-corrected chi connectivity index (χ3v) is 13.5. The van der Waals surface area contributed by atoms with Gasteiger partial charge in [0.05, 0.1) is 5.69 Å². The van der Waals surface area contributed by atoms with Gasteiger partial charge in [0, 0.05) is 22.2 Å². The normalized spacial score (nSPS) is 13.8. The van der Waals surface area contributed by atoms with Gasteiger partial charge in [-0.05, 0) is 149 Å². The number of allylic oxidation sites excluding steroid dienone is 1. The van der Waals surface area contributed by atoms with Gasteiger partial charge in [-0.15, -0.1) is 0 Å². The molecule has 0 unspecified atom stereocenters. The topological polar surface area (TPSA) is 3.24 Å². The molecule has 284 valence electrons. The van der Waals surface area contributed by atoms with Crippen molar-refractivity contribution in [2.24, 2.45) is 0 Å². The van der Waals surface area contributed by atoms with Crippen LogP contribution in [0.15, 0.2) is 194 Å². The molecule has 1 heteroatoms. The third-order valence-electron chi connectivity index (χ3n) is 13.5. The Morgan fingerprint density at radius 3 is 1.88 bits per heavy atom. The van der Waals surface area contributed by atoms with Gasteiger partial charge >= 0.3 is 0 Å². The molecule has 0 aliphatic heterocycles. The fraction of sp³-hybridized carbons (Fsp3) is 0.0847. The summed E-state index contributed by atoms with van der Waals surface area (Å²) in [5.74, 6) is 0. The fourth-order valence-electron chi connectivity index (χ4n) is 10.6. The molecule has 60 heavy (non-hydrogen) atoms. The van der Waals surface area contributed by atoms with E-state index in [9.17, 15) is 0 Å². The van der Waals surface area contributed by atoms with Crippen molar-refractivity contribution in [2.75, 3.05) is 4.90 Å². The Hall–Kier alpha value is -7.22. The summed E-state index contributed by atoms with van der Waals surface area (Å²) < 4.78 is 0. The maximum absolute atomic E-state index is 2.48. The van der Waals surface area contributed by atoms with E-state index in [1.807, 2.05) is 0 Å². The third kappa shape index (κ3) is 5.25. The highest BCUT2D eigenvalue weighted by Crippen LogP contribution is 2.51. The van der Waals surface area contributed by atoms with Crippen LogP contribution in [0.3, 0.4) is 0 Å². The summed E-state index contributed by atoms with van der Waals surface area (Å²) in [5.41, 5.74) is 16.8. The quantitative estimate of drug-likeness (QED) is 0.158. The number of benzene rings is 10. The standard InChI is InChI=1S/C59H43N/c1-59(2)55-27-12-11-23-49(55)54-37-43(33-34-56(54)59)60(57-28-14-18-39-16-4-6-20-45(39)57)42-31-29-40(30-32-42)52-35-41-36-53(46-26-13-17-38-15-3-5-19-44(38)46)48-22-8-10-25-51(48)58(41)50-24-9-7-21-47(50)52/h3-6,8-20,22-37H,7,21H2,1-2H3. The van der Waals surface area contributed by atoms with Crippen molar-refractivity contribution in [2.45, 2.75) is 32.1 Å². The van der Waals surface area contributed by atoms with Gasteiger partial charge in [-0.2, -0.15) is 0 Å². The molecular weight excluding hydrogens is 723 g/mol. The number of fused-ring (bicyclic) bond motifs is 10. The molecule has 0 bridgehead atoms. The van der Waals surface area contributed by atoms with Crippen molar-refractivity contribution in [1.82, 2.24) is 0 Å². The number of hydrogen-bond acceptors (Lipinski definition) is 1. The van der Waals surface area contributed by atoms with Gasteiger partial charge in [-0.1, -0.05) is 172 Å². The molecule has 1 nitrogen and oxygen atoms in total. The zero-order valence-corrected chi connectivity index (χ0v) is 33.9.